The molecule has 1 saturated heterocycles. The highest BCUT2D eigenvalue weighted by Gasteiger charge is 2.25. The summed E-state index contributed by atoms with van der Waals surface area (Å²) in [5.41, 5.74) is 4.50. The number of benzene rings is 3. The van der Waals surface area contributed by atoms with E-state index in [0.29, 0.717) is 5.02 Å². The number of hydrogen-bond acceptors (Lipinski definition) is 4. The zero-order chi connectivity index (χ0) is 20.5. The lowest BCUT2D eigenvalue weighted by atomic mass is 10.1. The van der Waals surface area contributed by atoms with Crippen molar-refractivity contribution in [2.24, 2.45) is 0 Å². The SMILES string of the molecule is COc1ccc(N2CCN(C3=Cc4ccccc4Oc4ccc(Cl)cc43)CC2)cc1. The minimum Gasteiger partial charge on any atom is -0.497 e. The predicted molar refractivity (Wildman–Crippen MR) is 123 cm³/mol. The molecule has 3 aromatic carbocycles. The van der Waals surface area contributed by atoms with E-state index in [0.717, 1.165) is 60.3 Å². The van der Waals surface area contributed by atoms with E-state index in [1.807, 2.05) is 48.5 Å². The number of fused-ring (bicyclic) bond motifs is 2. The van der Waals surface area contributed by atoms with Crippen LogP contribution < -0.4 is 14.4 Å². The second-order valence-corrected chi connectivity index (χ2v) is 7.92. The molecular formula is C25H23ClN2O2. The van der Waals surface area contributed by atoms with E-state index in [1.165, 1.54) is 5.69 Å². The Morgan fingerprint density at radius 1 is 0.833 bits per heavy atom. The van der Waals surface area contributed by atoms with Crippen molar-refractivity contribution in [1.82, 2.24) is 4.90 Å². The molecule has 1 fully saturated rings. The summed E-state index contributed by atoms with van der Waals surface area (Å²) in [5.74, 6) is 2.59. The molecule has 30 heavy (non-hydrogen) atoms. The fraction of sp³-hybridized carbons (Fsp3) is 0.200. The zero-order valence-electron chi connectivity index (χ0n) is 16.8. The molecule has 0 bridgehead atoms. The summed E-state index contributed by atoms with van der Waals surface area (Å²) in [6, 6.07) is 22.3. The highest BCUT2D eigenvalue weighted by molar-refractivity contribution is 6.30. The molecule has 5 heteroatoms. The Labute approximate surface area is 181 Å². The average Bonchev–Trinajstić information content (AvgIpc) is 2.96. The summed E-state index contributed by atoms with van der Waals surface area (Å²) in [7, 11) is 1.69. The van der Waals surface area contributed by atoms with Crippen LogP contribution in [0.4, 0.5) is 5.69 Å². The van der Waals surface area contributed by atoms with Gasteiger partial charge in [0.1, 0.15) is 17.2 Å². The predicted octanol–water partition coefficient (Wildman–Crippen LogP) is 5.77. The lowest BCUT2D eigenvalue weighted by Gasteiger charge is -2.38. The van der Waals surface area contributed by atoms with Crippen LogP contribution in [-0.4, -0.2) is 38.2 Å². The molecule has 2 aliphatic heterocycles. The van der Waals surface area contributed by atoms with Crippen molar-refractivity contribution in [3.05, 3.63) is 82.9 Å². The summed E-state index contributed by atoms with van der Waals surface area (Å²) in [6.07, 6.45) is 2.22. The third-order valence-electron chi connectivity index (χ3n) is 5.71. The van der Waals surface area contributed by atoms with Crippen LogP contribution in [0.5, 0.6) is 17.2 Å². The minimum atomic E-state index is 0.714. The monoisotopic (exact) mass is 418 g/mol. The molecule has 0 N–H and O–H groups in total. The molecule has 3 aromatic rings. The maximum Gasteiger partial charge on any atom is 0.136 e. The summed E-state index contributed by atoms with van der Waals surface area (Å²) < 4.78 is 11.5. The third-order valence-corrected chi connectivity index (χ3v) is 5.94. The summed E-state index contributed by atoms with van der Waals surface area (Å²) in [4.78, 5) is 4.84. The highest BCUT2D eigenvalue weighted by atomic mass is 35.5. The summed E-state index contributed by atoms with van der Waals surface area (Å²) in [6.45, 7) is 3.74. The zero-order valence-corrected chi connectivity index (χ0v) is 17.6. The minimum absolute atomic E-state index is 0.714. The standard InChI is InChI=1S/C25H23ClN2O2/c1-29-21-9-7-20(8-10-21)27-12-14-28(15-13-27)23-16-18-4-2-3-5-24(18)30-25-11-6-19(26)17-22(23)25/h2-11,16-17H,12-15H2,1H3. The van der Waals surface area contributed by atoms with E-state index in [9.17, 15) is 0 Å². The van der Waals surface area contributed by atoms with Gasteiger partial charge in [-0.25, -0.2) is 0 Å². The second kappa shape index (κ2) is 7.96. The number of piperazine rings is 1. The van der Waals surface area contributed by atoms with E-state index in [2.05, 4.69) is 34.1 Å². The molecule has 0 spiro atoms. The van der Waals surface area contributed by atoms with Crippen molar-refractivity contribution in [3.8, 4) is 17.2 Å². The topological polar surface area (TPSA) is 24.9 Å². The van der Waals surface area contributed by atoms with Gasteiger partial charge >= 0.3 is 0 Å². The Hall–Kier alpha value is -3.11. The van der Waals surface area contributed by atoms with E-state index in [4.69, 9.17) is 21.1 Å². The molecule has 5 rings (SSSR count). The third kappa shape index (κ3) is 3.59. The number of halogens is 1. The first kappa shape index (κ1) is 18.9. The molecule has 0 atom stereocenters. The van der Waals surface area contributed by atoms with Crippen LogP contribution in [-0.2, 0) is 0 Å². The van der Waals surface area contributed by atoms with Gasteiger partial charge in [-0.3, -0.25) is 0 Å². The van der Waals surface area contributed by atoms with Crippen LogP contribution >= 0.6 is 11.6 Å². The Morgan fingerprint density at radius 3 is 2.33 bits per heavy atom. The molecular weight excluding hydrogens is 396 g/mol. The van der Waals surface area contributed by atoms with Crippen LogP contribution in [0.3, 0.4) is 0 Å². The van der Waals surface area contributed by atoms with E-state index >= 15 is 0 Å². The molecule has 0 aliphatic carbocycles. The van der Waals surface area contributed by atoms with Crippen LogP contribution in [0.2, 0.25) is 5.02 Å². The number of ether oxygens (including phenoxy) is 2. The quantitative estimate of drug-likeness (QED) is 0.538. The number of para-hydroxylation sites is 1. The molecule has 0 unspecified atom stereocenters. The second-order valence-electron chi connectivity index (χ2n) is 7.48. The molecule has 152 valence electrons. The Balaban J connectivity index is 1.43. The maximum atomic E-state index is 6.35. The van der Waals surface area contributed by atoms with Crippen molar-refractivity contribution >= 4 is 29.1 Å². The highest BCUT2D eigenvalue weighted by Crippen LogP contribution is 2.40. The van der Waals surface area contributed by atoms with Crippen LogP contribution in [0.15, 0.2) is 66.7 Å². The van der Waals surface area contributed by atoms with Crippen molar-refractivity contribution in [3.63, 3.8) is 0 Å². The van der Waals surface area contributed by atoms with Crippen LogP contribution in [0.25, 0.3) is 11.8 Å². The largest absolute Gasteiger partial charge is 0.497 e. The van der Waals surface area contributed by atoms with Gasteiger partial charge in [0, 0.05) is 53.7 Å². The molecule has 4 nitrogen and oxygen atoms in total. The smallest absolute Gasteiger partial charge is 0.136 e. The molecule has 0 amide bonds. The number of rotatable bonds is 3. The first-order valence-electron chi connectivity index (χ1n) is 10.1. The Bertz CT molecular complexity index is 1090. The van der Waals surface area contributed by atoms with Gasteiger partial charge < -0.3 is 19.3 Å². The van der Waals surface area contributed by atoms with Gasteiger partial charge in [0.15, 0.2) is 0 Å². The molecule has 2 heterocycles. The van der Waals surface area contributed by atoms with Gasteiger partial charge in [0.25, 0.3) is 0 Å². The van der Waals surface area contributed by atoms with Crippen molar-refractivity contribution in [2.75, 3.05) is 38.2 Å². The van der Waals surface area contributed by atoms with Crippen molar-refractivity contribution < 1.29 is 9.47 Å². The van der Waals surface area contributed by atoms with Gasteiger partial charge in [-0.05, 0) is 54.6 Å². The maximum absolute atomic E-state index is 6.35. The van der Waals surface area contributed by atoms with Crippen LogP contribution in [0, 0.1) is 0 Å². The first-order valence-corrected chi connectivity index (χ1v) is 10.5. The lowest BCUT2D eigenvalue weighted by molar-refractivity contribution is 0.367. The van der Waals surface area contributed by atoms with Gasteiger partial charge in [-0.1, -0.05) is 29.8 Å². The average molecular weight is 419 g/mol. The van der Waals surface area contributed by atoms with Gasteiger partial charge in [-0.15, -0.1) is 0 Å². The van der Waals surface area contributed by atoms with Crippen molar-refractivity contribution in [1.29, 1.82) is 0 Å². The van der Waals surface area contributed by atoms with E-state index in [-0.39, 0.29) is 0 Å². The number of methoxy groups -OCH3 is 1. The van der Waals surface area contributed by atoms with E-state index < -0.39 is 0 Å². The van der Waals surface area contributed by atoms with Crippen LogP contribution in [0.1, 0.15) is 11.1 Å². The number of hydrogen-bond donors (Lipinski definition) is 0. The number of anilines is 1. The Morgan fingerprint density at radius 2 is 1.57 bits per heavy atom. The molecule has 2 aliphatic rings. The molecule has 0 aromatic heterocycles. The Kier molecular flexibility index (Phi) is 5.01. The van der Waals surface area contributed by atoms with Gasteiger partial charge in [0.05, 0.1) is 7.11 Å². The van der Waals surface area contributed by atoms with Gasteiger partial charge in [-0.2, -0.15) is 0 Å². The molecule has 0 saturated carbocycles. The lowest BCUT2D eigenvalue weighted by Crippen LogP contribution is -2.45. The molecule has 0 radical (unpaired) electrons. The number of nitrogens with zero attached hydrogens (tertiary/aromatic N) is 2. The van der Waals surface area contributed by atoms with E-state index in [1.54, 1.807) is 7.11 Å². The first-order chi connectivity index (χ1) is 14.7. The van der Waals surface area contributed by atoms with Crippen molar-refractivity contribution in [2.45, 2.75) is 0 Å². The summed E-state index contributed by atoms with van der Waals surface area (Å²) >= 11 is 6.35. The fourth-order valence-electron chi connectivity index (χ4n) is 4.09. The summed E-state index contributed by atoms with van der Waals surface area (Å²) in [5, 5.41) is 0.714. The normalized spacial score (nSPS) is 15.5. The fourth-order valence-corrected chi connectivity index (χ4v) is 4.26. The van der Waals surface area contributed by atoms with Gasteiger partial charge in [0.2, 0.25) is 0 Å².